The number of rotatable bonds is 5. The van der Waals surface area contributed by atoms with Gasteiger partial charge in [0.2, 0.25) is 0 Å². The summed E-state index contributed by atoms with van der Waals surface area (Å²) in [5, 5.41) is 10.1. The standard InChI is InChI=1S/C19H22N4O2/c1-3-10-23-11-4-5-15(13-23)18-17(12-20-22-18)21-19(24)14-6-8-16(25-2)9-7-14/h1,6-9,12,15H,4-5,10-11,13H2,2H3,(H,20,22)(H,21,24)/t15-/m0/s1. The Kier molecular flexibility index (Phi) is 5.36. The summed E-state index contributed by atoms with van der Waals surface area (Å²) in [6, 6.07) is 7.01. The van der Waals surface area contributed by atoms with Crippen LogP contribution in [0.1, 0.15) is 34.8 Å². The molecule has 1 fully saturated rings. The predicted molar refractivity (Wildman–Crippen MR) is 96.8 cm³/mol. The number of terminal acetylenes is 1. The van der Waals surface area contributed by atoms with Crippen LogP contribution < -0.4 is 10.1 Å². The van der Waals surface area contributed by atoms with Crippen molar-refractivity contribution in [2.45, 2.75) is 18.8 Å². The molecule has 1 atom stereocenters. The van der Waals surface area contributed by atoms with E-state index >= 15 is 0 Å². The molecule has 0 saturated carbocycles. The fraction of sp³-hybridized carbons (Fsp3) is 0.368. The molecule has 1 aromatic heterocycles. The van der Waals surface area contributed by atoms with Gasteiger partial charge >= 0.3 is 0 Å². The molecule has 6 nitrogen and oxygen atoms in total. The highest BCUT2D eigenvalue weighted by Crippen LogP contribution is 2.30. The number of amides is 1. The summed E-state index contributed by atoms with van der Waals surface area (Å²) in [6.07, 6.45) is 9.22. The number of nitrogens with zero attached hydrogens (tertiary/aromatic N) is 2. The minimum atomic E-state index is -0.165. The second-order valence-electron chi connectivity index (χ2n) is 6.16. The van der Waals surface area contributed by atoms with E-state index in [1.54, 1.807) is 37.6 Å². The Morgan fingerprint density at radius 1 is 1.48 bits per heavy atom. The number of nitrogens with one attached hydrogen (secondary N) is 2. The van der Waals surface area contributed by atoms with E-state index in [9.17, 15) is 4.79 Å². The number of anilines is 1. The van der Waals surface area contributed by atoms with Crippen molar-refractivity contribution >= 4 is 11.6 Å². The quantitative estimate of drug-likeness (QED) is 0.822. The lowest BCUT2D eigenvalue weighted by Crippen LogP contribution is -2.35. The van der Waals surface area contributed by atoms with Crippen LogP contribution in [0.3, 0.4) is 0 Å². The van der Waals surface area contributed by atoms with Crippen molar-refractivity contribution in [3.05, 3.63) is 41.7 Å². The van der Waals surface area contributed by atoms with E-state index in [0.29, 0.717) is 12.1 Å². The number of benzene rings is 1. The Morgan fingerprint density at radius 2 is 2.28 bits per heavy atom. The van der Waals surface area contributed by atoms with Gasteiger partial charge in [0.15, 0.2) is 0 Å². The fourth-order valence-electron chi connectivity index (χ4n) is 3.21. The molecule has 1 aromatic carbocycles. The van der Waals surface area contributed by atoms with Crippen molar-refractivity contribution in [1.82, 2.24) is 15.1 Å². The number of hydrogen-bond donors (Lipinski definition) is 2. The van der Waals surface area contributed by atoms with Gasteiger partial charge in [0, 0.05) is 18.0 Å². The first-order chi connectivity index (χ1) is 12.2. The molecule has 0 bridgehead atoms. The zero-order valence-corrected chi connectivity index (χ0v) is 14.3. The third kappa shape index (κ3) is 4.01. The van der Waals surface area contributed by atoms with E-state index in [0.717, 1.165) is 43.1 Å². The molecule has 2 N–H and O–H groups in total. The van der Waals surface area contributed by atoms with Gasteiger partial charge in [-0.15, -0.1) is 6.42 Å². The second kappa shape index (κ2) is 7.86. The normalized spacial score (nSPS) is 17.7. The minimum absolute atomic E-state index is 0.165. The second-order valence-corrected chi connectivity index (χ2v) is 6.16. The molecule has 2 heterocycles. The zero-order chi connectivity index (χ0) is 17.6. The number of H-pyrrole nitrogens is 1. The molecule has 3 rings (SSSR count). The van der Waals surface area contributed by atoms with Crippen molar-refractivity contribution in [2.24, 2.45) is 0 Å². The number of carbonyl (C=O) groups is 1. The summed E-state index contributed by atoms with van der Waals surface area (Å²) in [5.41, 5.74) is 2.27. The van der Waals surface area contributed by atoms with E-state index in [-0.39, 0.29) is 11.8 Å². The van der Waals surface area contributed by atoms with Crippen LogP contribution in [0.2, 0.25) is 0 Å². The molecule has 25 heavy (non-hydrogen) atoms. The maximum atomic E-state index is 12.5. The summed E-state index contributed by atoms with van der Waals surface area (Å²) in [7, 11) is 1.60. The maximum absolute atomic E-state index is 12.5. The van der Waals surface area contributed by atoms with Crippen molar-refractivity contribution in [1.29, 1.82) is 0 Å². The molecule has 130 valence electrons. The number of carbonyl (C=O) groups excluding carboxylic acids is 1. The number of aromatic amines is 1. The van der Waals surface area contributed by atoms with Gasteiger partial charge in [-0.3, -0.25) is 14.8 Å². The van der Waals surface area contributed by atoms with Crippen molar-refractivity contribution in [3.63, 3.8) is 0 Å². The molecule has 6 heteroatoms. The molecule has 1 aliphatic rings. The van der Waals surface area contributed by atoms with Gasteiger partial charge in [-0.1, -0.05) is 5.92 Å². The number of likely N-dealkylation sites (tertiary alicyclic amines) is 1. The molecule has 1 amide bonds. The van der Waals surface area contributed by atoms with Gasteiger partial charge in [-0.25, -0.2) is 0 Å². The van der Waals surface area contributed by atoms with Gasteiger partial charge in [-0.05, 0) is 43.7 Å². The van der Waals surface area contributed by atoms with Crippen molar-refractivity contribution < 1.29 is 9.53 Å². The fourth-order valence-corrected chi connectivity index (χ4v) is 3.21. The van der Waals surface area contributed by atoms with Gasteiger partial charge in [0.05, 0.1) is 31.2 Å². The number of methoxy groups -OCH3 is 1. The van der Waals surface area contributed by atoms with Gasteiger partial charge in [-0.2, -0.15) is 5.10 Å². The summed E-state index contributed by atoms with van der Waals surface area (Å²) < 4.78 is 5.12. The molecule has 0 aliphatic carbocycles. The van der Waals surface area contributed by atoms with E-state index in [4.69, 9.17) is 11.2 Å². The highest BCUT2D eigenvalue weighted by Gasteiger charge is 2.25. The molecule has 0 unspecified atom stereocenters. The molecule has 2 aromatic rings. The summed E-state index contributed by atoms with van der Waals surface area (Å²) >= 11 is 0. The lowest BCUT2D eigenvalue weighted by molar-refractivity contribution is 0.102. The smallest absolute Gasteiger partial charge is 0.255 e. The average molecular weight is 338 g/mol. The zero-order valence-electron chi connectivity index (χ0n) is 14.3. The average Bonchev–Trinajstić information content (AvgIpc) is 3.10. The monoisotopic (exact) mass is 338 g/mol. The summed E-state index contributed by atoms with van der Waals surface area (Å²) in [5.74, 6) is 3.54. The highest BCUT2D eigenvalue weighted by molar-refractivity contribution is 6.04. The van der Waals surface area contributed by atoms with E-state index < -0.39 is 0 Å². The Bertz CT molecular complexity index is 760. The van der Waals surface area contributed by atoms with Crippen LogP contribution in [0.5, 0.6) is 5.75 Å². The van der Waals surface area contributed by atoms with Crippen LogP contribution in [-0.4, -0.2) is 47.7 Å². The highest BCUT2D eigenvalue weighted by atomic mass is 16.5. The summed E-state index contributed by atoms with van der Waals surface area (Å²) in [6.45, 7) is 2.54. The first kappa shape index (κ1) is 17.1. The van der Waals surface area contributed by atoms with Gasteiger partial charge in [0.1, 0.15) is 5.75 Å². The van der Waals surface area contributed by atoms with Crippen LogP contribution in [0.4, 0.5) is 5.69 Å². The molecular weight excluding hydrogens is 316 g/mol. The Labute approximate surface area is 147 Å². The van der Waals surface area contributed by atoms with Crippen molar-refractivity contribution in [2.75, 3.05) is 32.1 Å². The Balaban J connectivity index is 1.70. The number of aromatic nitrogens is 2. The van der Waals surface area contributed by atoms with Crippen LogP contribution in [0, 0.1) is 12.3 Å². The van der Waals surface area contributed by atoms with Crippen LogP contribution in [-0.2, 0) is 0 Å². The molecular formula is C19H22N4O2. The third-order valence-corrected chi connectivity index (χ3v) is 4.50. The first-order valence-corrected chi connectivity index (χ1v) is 8.35. The molecule has 0 radical (unpaired) electrons. The predicted octanol–water partition coefficient (Wildman–Crippen LogP) is 2.48. The summed E-state index contributed by atoms with van der Waals surface area (Å²) in [4.78, 5) is 14.7. The number of hydrogen-bond acceptors (Lipinski definition) is 4. The van der Waals surface area contributed by atoms with Crippen LogP contribution in [0.25, 0.3) is 0 Å². The van der Waals surface area contributed by atoms with E-state index in [1.807, 2.05) is 0 Å². The van der Waals surface area contributed by atoms with Gasteiger partial charge in [0.25, 0.3) is 5.91 Å². The topological polar surface area (TPSA) is 70.2 Å². The third-order valence-electron chi connectivity index (χ3n) is 4.50. The Morgan fingerprint density at radius 3 is 3.00 bits per heavy atom. The number of ether oxygens (including phenoxy) is 1. The minimum Gasteiger partial charge on any atom is -0.497 e. The molecule has 1 aliphatic heterocycles. The molecule has 0 spiro atoms. The van der Waals surface area contributed by atoms with Crippen LogP contribution >= 0.6 is 0 Å². The number of piperidine rings is 1. The first-order valence-electron chi connectivity index (χ1n) is 8.35. The Hall–Kier alpha value is -2.78. The SMILES string of the molecule is C#CCN1CCC[C@H](c2[nH]ncc2NC(=O)c2ccc(OC)cc2)C1. The largest absolute Gasteiger partial charge is 0.497 e. The van der Waals surface area contributed by atoms with Gasteiger partial charge < -0.3 is 10.1 Å². The van der Waals surface area contributed by atoms with Crippen molar-refractivity contribution in [3.8, 4) is 18.1 Å². The van der Waals surface area contributed by atoms with E-state index in [2.05, 4.69) is 26.3 Å². The lowest BCUT2D eigenvalue weighted by Gasteiger charge is -2.31. The molecule has 1 saturated heterocycles. The van der Waals surface area contributed by atoms with E-state index in [1.165, 1.54) is 0 Å². The maximum Gasteiger partial charge on any atom is 0.255 e. The lowest BCUT2D eigenvalue weighted by atomic mass is 9.94. The van der Waals surface area contributed by atoms with Crippen LogP contribution in [0.15, 0.2) is 30.5 Å².